The number of amides is 1. The SMILES string of the molecule is O=C(O)[C@H]1CCCCN1C(=O)c1csc(-c2ccc(Cl)c(Cl)c2)n1. The summed E-state index contributed by atoms with van der Waals surface area (Å²) >= 11 is 13.2. The first-order valence-electron chi connectivity index (χ1n) is 7.42. The van der Waals surface area contributed by atoms with Crippen molar-refractivity contribution in [1.29, 1.82) is 0 Å². The van der Waals surface area contributed by atoms with E-state index in [2.05, 4.69) is 4.98 Å². The van der Waals surface area contributed by atoms with Crippen molar-refractivity contribution in [2.45, 2.75) is 25.3 Å². The van der Waals surface area contributed by atoms with E-state index in [0.717, 1.165) is 18.4 Å². The Morgan fingerprint density at radius 3 is 2.75 bits per heavy atom. The van der Waals surface area contributed by atoms with Crippen molar-refractivity contribution in [3.8, 4) is 10.6 Å². The van der Waals surface area contributed by atoms with E-state index in [1.54, 1.807) is 23.6 Å². The van der Waals surface area contributed by atoms with E-state index in [1.807, 2.05) is 0 Å². The number of rotatable bonds is 3. The second-order valence-electron chi connectivity index (χ2n) is 5.52. The number of thiazole rings is 1. The molecule has 1 saturated heterocycles. The fraction of sp³-hybridized carbons (Fsp3) is 0.312. The van der Waals surface area contributed by atoms with E-state index in [9.17, 15) is 14.7 Å². The van der Waals surface area contributed by atoms with Crippen LogP contribution in [-0.2, 0) is 4.79 Å². The van der Waals surface area contributed by atoms with Crippen molar-refractivity contribution in [3.05, 3.63) is 39.3 Å². The summed E-state index contributed by atoms with van der Waals surface area (Å²) in [6, 6.07) is 4.37. The van der Waals surface area contributed by atoms with Crippen molar-refractivity contribution in [2.75, 3.05) is 6.54 Å². The van der Waals surface area contributed by atoms with Gasteiger partial charge >= 0.3 is 5.97 Å². The second kappa shape index (κ2) is 7.09. The predicted octanol–water partition coefficient (Wildman–Crippen LogP) is 4.20. The average molecular weight is 385 g/mol. The van der Waals surface area contributed by atoms with E-state index in [1.165, 1.54) is 16.2 Å². The average Bonchev–Trinajstić information content (AvgIpc) is 3.06. The van der Waals surface area contributed by atoms with Crippen LogP contribution in [0.15, 0.2) is 23.6 Å². The molecule has 2 aromatic rings. The van der Waals surface area contributed by atoms with Gasteiger partial charge in [-0.05, 0) is 31.4 Å². The van der Waals surface area contributed by atoms with Crippen molar-refractivity contribution in [3.63, 3.8) is 0 Å². The van der Waals surface area contributed by atoms with E-state index in [4.69, 9.17) is 23.2 Å². The smallest absolute Gasteiger partial charge is 0.326 e. The first-order valence-corrected chi connectivity index (χ1v) is 9.05. The minimum absolute atomic E-state index is 0.259. The Kier molecular flexibility index (Phi) is 5.08. The van der Waals surface area contributed by atoms with E-state index in [-0.39, 0.29) is 11.6 Å². The normalized spacial score (nSPS) is 17.8. The first-order chi connectivity index (χ1) is 11.5. The highest BCUT2D eigenvalue weighted by Crippen LogP contribution is 2.31. The molecule has 1 aliphatic heterocycles. The van der Waals surface area contributed by atoms with Crippen LogP contribution in [0, 0.1) is 0 Å². The van der Waals surface area contributed by atoms with Crippen molar-refractivity contribution in [2.24, 2.45) is 0 Å². The summed E-state index contributed by atoms with van der Waals surface area (Å²) in [7, 11) is 0. The van der Waals surface area contributed by atoms with Gasteiger partial charge in [0.1, 0.15) is 16.7 Å². The molecule has 0 aliphatic carbocycles. The lowest BCUT2D eigenvalue weighted by atomic mass is 10.0. The molecular weight excluding hydrogens is 371 g/mol. The highest BCUT2D eigenvalue weighted by Gasteiger charge is 2.33. The van der Waals surface area contributed by atoms with Crippen LogP contribution < -0.4 is 0 Å². The summed E-state index contributed by atoms with van der Waals surface area (Å²) < 4.78 is 0. The summed E-state index contributed by atoms with van der Waals surface area (Å²) in [4.78, 5) is 29.8. The quantitative estimate of drug-likeness (QED) is 0.860. The van der Waals surface area contributed by atoms with Crippen LogP contribution in [0.1, 0.15) is 29.8 Å². The van der Waals surface area contributed by atoms with Gasteiger partial charge in [0, 0.05) is 17.5 Å². The van der Waals surface area contributed by atoms with Crippen molar-refractivity contribution < 1.29 is 14.7 Å². The minimum atomic E-state index is -0.969. The van der Waals surface area contributed by atoms with Gasteiger partial charge in [0.05, 0.1) is 10.0 Å². The van der Waals surface area contributed by atoms with Gasteiger partial charge < -0.3 is 10.0 Å². The lowest BCUT2D eigenvalue weighted by molar-refractivity contribution is -0.143. The number of carbonyl (C=O) groups is 2. The third-order valence-corrected chi connectivity index (χ3v) is 5.57. The fourth-order valence-electron chi connectivity index (χ4n) is 2.71. The lowest BCUT2D eigenvalue weighted by Crippen LogP contribution is -2.48. The molecule has 8 heteroatoms. The number of hydrogen-bond donors (Lipinski definition) is 1. The van der Waals surface area contributed by atoms with Crippen LogP contribution in [0.4, 0.5) is 0 Å². The van der Waals surface area contributed by atoms with Crippen LogP contribution in [-0.4, -0.2) is 39.5 Å². The maximum Gasteiger partial charge on any atom is 0.326 e. The molecule has 1 amide bonds. The molecule has 1 aromatic heterocycles. The van der Waals surface area contributed by atoms with Crippen LogP contribution in [0.5, 0.6) is 0 Å². The fourth-order valence-corrected chi connectivity index (χ4v) is 3.80. The Labute approximate surface area is 152 Å². The zero-order valence-electron chi connectivity index (χ0n) is 12.5. The standard InChI is InChI=1S/C16H14Cl2N2O3S/c17-10-5-4-9(7-11(10)18)14-19-12(8-24-14)15(21)20-6-2-1-3-13(20)16(22)23/h4-5,7-8,13H,1-3,6H2,(H,22,23)/t13-/m1/s1. The highest BCUT2D eigenvalue weighted by atomic mass is 35.5. The number of carboxylic acids is 1. The number of carbonyl (C=O) groups excluding carboxylic acids is 1. The van der Waals surface area contributed by atoms with Gasteiger partial charge in [-0.2, -0.15) is 0 Å². The molecule has 24 heavy (non-hydrogen) atoms. The predicted molar refractivity (Wildman–Crippen MR) is 93.9 cm³/mol. The van der Waals surface area contributed by atoms with Crippen molar-refractivity contribution >= 4 is 46.4 Å². The van der Waals surface area contributed by atoms with E-state index < -0.39 is 12.0 Å². The molecule has 1 atom stereocenters. The van der Waals surface area contributed by atoms with Crippen LogP contribution >= 0.6 is 34.5 Å². The molecule has 1 aliphatic rings. The number of likely N-dealkylation sites (tertiary alicyclic amines) is 1. The molecule has 1 aromatic carbocycles. The van der Waals surface area contributed by atoms with E-state index >= 15 is 0 Å². The third kappa shape index (κ3) is 3.41. The number of benzene rings is 1. The zero-order valence-corrected chi connectivity index (χ0v) is 14.9. The van der Waals surface area contributed by atoms with E-state index in [0.29, 0.717) is 28.0 Å². The minimum Gasteiger partial charge on any atom is -0.480 e. The summed E-state index contributed by atoms with van der Waals surface area (Å²) in [5.74, 6) is -1.31. The molecule has 0 unspecified atom stereocenters. The number of aliphatic carboxylic acids is 1. The highest BCUT2D eigenvalue weighted by molar-refractivity contribution is 7.13. The second-order valence-corrected chi connectivity index (χ2v) is 7.19. The molecule has 5 nitrogen and oxygen atoms in total. The van der Waals surface area contributed by atoms with Gasteiger partial charge in [-0.15, -0.1) is 11.3 Å². The molecule has 1 fully saturated rings. The Morgan fingerprint density at radius 1 is 1.25 bits per heavy atom. The number of nitrogens with zero attached hydrogens (tertiary/aromatic N) is 2. The maximum atomic E-state index is 12.6. The Bertz CT molecular complexity index is 793. The van der Waals surface area contributed by atoms with Crippen molar-refractivity contribution in [1.82, 2.24) is 9.88 Å². The molecule has 0 radical (unpaired) electrons. The number of carboxylic acid groups (broad SMARTS) is 1. The molecule has 3 rings (SSSR count). The Balaban J connectivity index is 1.85. The Morgan fingerprint density at radius 2 is 2.04 bits per heavy atom. The summed E-state index contributed by atoms with van der Waals surface area (Å²) in [6.45, 7) is 0.440. The molecule has 0 saturated carbocycles. The summed E-state index contributed by atoms with van der Waals surface area (Å²) in [5.41, 5.74) is 1.02. The molecule has 2 heterocycles. The van der Waals surface area contributed by atoms with Crippen LogP contribution in [0.2, 0.25) is 10.0 Å². The van der Waals surface area contributed by atoms with Gasteiger partial charge in [0.2, 0.25) is 0 Å². The number of piperidine rings is 1. The molecule has 1 N–H and O–H groups in total. The first kappa shape index (κ1) is 17.2. The zero-order chi connectivity index (χ0) is 17.3. The monoisotopic (exact) mass is 384 g/mol. The molecular formula is C16H14Cl2N2O3S. The largest absolute Gasteiger partial charge is 0.480 e. The number of hydrogen-bond acceptors (Lipinski definition) is 4. The number of halogens is 2. The summed E-state index contributed by atoms with van der Waals surface area (Å²) in [6.07, 6.45) is 2.09. The molecule has 0 spiro atoms. The van der Waals surface area contributed by atoms with Crippen LogP contribution in [0.3, 0.4) is 0 Å². The number of aromatic nitrogens is 1. The topological polar surface area (TPSA) is 70.5 Å². The molecule has 0 bridgehead atoms. The maximum absolute atomic E-state index is 12.6. The van der Waals surface area contributed by atoms with Gasteiger partial charge in [-0.1, -0.05) is 29.3 Å². The van der Waals surface area contributed by atoms with Gasteiger partial charge in [-0.3, -0.25) is 4.79 Å². The lowest BCUT2D eigenvalue weighted by Gasteiger charge is -2.32. The summed E-state index contributed by atoms with van der Waals surface area (Å²) in [5, 5.41) is 12.5. The van der Waals surface area contributed by atoms with Gasteiger partial charge in [-0.25, -0.2) is 9.78 Å². The third-order valence-electron chi connectivity index (χ3n) is 3.94. The Hall–Kier alpha value is -1.63. The van der Waals surface area contributed by atoms with Gasteiger partial charge in [0.25, 0.3) is 5.91 Å². The van der Waals surface area contributed by atoms with Crippen LogP contribution in [0.25, 0.3) is 10.6 Å². The molecule has 126 valence electrons. The van der Waals surface area contributed by atoms with Gasteiger partial charge in [0.15, 0.2) is 0 Å².